The standard InChI is InChI=1S/C33H27N3O/c1-33(2,3)21-16-17-34-32(18-21)36-30-15-12-22(19-27(30)26-14-13-23(37)20-31(26)36)35-28-10-6-4-8-24(28)25-9-5-7-11-29(25)35/h4-20,37H,1-3H3. The van der Waals surface area contributed by atoms with Crippen LogP contribution in [-0.2, 0) is 5.41 Å². The number of para-hydroxylation sites is 2. The van der Waals surface area contributed by atoms with Gasteiger partial charge in [-0.2, -0.15) is 0 Å². The van der Waals surface area contributed by atoms with E-state index in [2.05, 4.69) is 109 Å². The number of phenolic OH excluding ortho intramolecular Hbond substituents is 1. The lowest BCUT2D eigenvalue weighted by molar-refractivity contribution is 0.476. The number of pyridine rings is 1. The van der Waals surface area contributed by atoms with Crippen molar-refractivity contribution in [3.05, 3.63) is 109 Å². The van der Waals surface area contributed by atoms with Crippen LogP contribution in [-0.4, -0.2) is 19.2 Å². The van der Waals surface area contributed by atoms with Gasteiger partial charge in [0.05, 0.1) is 22.1 Å². The number of fused-ring (bicyclic) bond motifs is 6. The molecule has 4 nitrogen and oxygen atoms in total. The third kappa shape index (κ3) is 3.26. The fraction of sp³-hybridized carbons (Fsp3) is 0.121. The molecule has 7 aromatic rings. The highest BCUT2D eigenvalue weighted by atomic mass is 16.3. The van der Waals surface area contributed by atoms with Crippen LogP contribution in [0.4, 0.5) is 0 Å². The van der Waals surface area contributed by atoms with Crippen LogP contribution in [0.15, 0.2) is 103 Å². The van der Waals surface area contributed by atoms with E-state index in [4.69, 9.17) is 4.98 Å². The largest absolute Gasteiger partial charge is 0.508 e. The monoisotopic (exact) mass is 481 g/mol. The Labute approximate surface area is 215 Å². The van der Waals surface area contributed by atoms with Gasteiger partial charge in [-0.05, 0) is 65.6 Å². The van der Waals surface area contributed by atoms with Crippen LogP contribution in [0.2, 0.25) is 0 Å². The molecule has 7 rings (SSSR count). The van der Waals surface area contributed by atoms with Gasteiger partial charge in [-0.3, -0.25) is 4.57 Å². The molecule has 1 N–H and O–H groups in total. The van der Waals surface area contributed by atoms with E-state index in [1.54, 1.807) is 6.07 Å². The van der Waals surface area contributed by atoms with Crippen LogP contribution in [0.1, 0.15) is 26.3 Å². The summed E-state index contributed by atoms with van der Waals surface area (Å²) in [7, 11) is 0. The number of hydrogen-bond donors (Lipinski definition) is 1. The van der Waals surface area contributed by atoms with Crippen LogP contribution >= 0.6 is 0 Å². The van der Waals surface area contributed by atoms with E-state index in [1.807, 2.05) is 18.3 Å². The lowest BCUT2D eigenvalue weighted by atomic mass is 9.88. The molecule has 4 aromatic carbocycles. The third-order valence-electron chi connectivity index (χ3n) is 7.41. The van der Waals surface area contributed by atoms with Gasteiger partial charge in [-0.25, -0.2) is 4.98 Å². The van der Waals surface area contributed by atoms with Gasteiger partial charge in [-0.1, -0.05) is 57.2 Å². The fourth-order valence-corrected chi connectivity index (χ4v) is 5.59. The van der Waals surface area contributed by atoms with Gasteiger partial charge in [0, 0.05) is 39.5 Å². The smallest absolute Gasteiger partial charge is 0.137 e. The van der Waals surface area contributed by atoms with E-state index in [0.717, 1.165) is 33.3 Å². The van der Waals surface area contributed by atoms with Gasteiger partial charge in [0.25, 0.3) is 0 Å². The van der Waals surface area contributed by atoms with Crippen LogP contribution in [0.5, 0.6) is 5.75 Å². The Morgan fingerprint density at radius 2 is 1.24 bits per heavy atom. The highest BCUT2D eigenvalue weighted by molar-refractivity contribution is 6.12. The number of nitrogens with zero attached hydrogens (tertiary/aromatic N) is 3. The number of aromatic hydroxyl groups is 1. The summed E-state index contributed by atoms with van der Waals surface area (Å²) in [6, 6.07) is 33.6. The maximum Gasteiger partial charge on any atom is 0.137 e. The maximum atomic E-state index is 10.4. The van der Waals surface area contributed by atoms with Gasteiger partial charge in [0.15, 0.2) is 0 Å². The van der Waals surface area contributed by atoms with Crippen molar-refractivity contribution in [2.45, 2.75) is 26.2 Å². The predicted octanol–water partition coefficient (Wildman–Crippen LogP) is 8.28. The highest BCUT2D eigenvalue weighted by Crippen LogP contribution is 2.38. The summed E-state index contributed by atoms with van der Waals surface area (Å²) in [5, 5.41) is 15.1. The summed E-state index contributed by atoms with van der Waals surface area (Å²) < 4.78 is 4.50. The Kier molecular flexibility index (Phi) is 4.52. The summed E-state index contributed by atoms with van der Waals surface area (Å²) in [6.07, 6.45) is 1.88. The Balaban J connectivity index is 1.55. The first-order valence-electron chi connectivity index (χ1n) is 12.6. The average molecular weight is 482 g/mol. The Morgan fingerprint density at radius 1 is 0.595 bits per heavy atom. The minimum Gasteiger partial charge on any atom is -0.508 e. The normalized spacial score (nSPS) is 12.3. The fourth-order valence-electron chi connectivity index (χ4n) is 5.59. The lowest BCUT2D eigenvalue weighted by Crippen LogP contribution is -2.12. The minimum absolute atomic E-state index is 0.00228. The summed E-state index contributed by atoms with van der Waals surface area (Å²) >= 11 is 0. The number of phenols is 1. The van der Waals surface area contributed by atoms with E-state index >= 15 is 0 Å². The van der Waals surface area contributed by atoms with Crippen LogP contribution in [0.3, 0.4) is 0 Å². The van der Waals surface area contributed by atoms with Crippen molar-refractivity contribution in [3.8, 4) is 17.3 Å². The number of aromatic nitrogens is 3. The molecule has 0 spiro atoms. The predicted molar refractivity (Wildman–Crippen MR) is 153 cm³/mol. The molecule has 37 heavy (non-hydrogen) atoms. The van der Waals surface area contributed by atoms with Gasteiger partial charge in [0.1, 0.15) is 11.6 Å². The molecule has 0 aliphatic heterocycles. The molecule has 0 atom stereocenters. The molecule has 3 heterocycles. The van der Waals surface area contributed by atoms with E-state index in [1.165, 1.54) is 27.4 Å². The average Bonchev–Trinajstić information content (AvgIpc) is 3.40. The molecule has 0 saturated carbocycles. The number of rotatable bonds is 2. The van der Waals surface area contributed by atoms with E-state index in [-0.39, 0.29) is 11.2 Å². The van der Waals surface area contributed by atoms with E-state index < -0.39 is 0 Å². The second-order valence-corrected chi connectivity index (χ2v) is 10.8. The van der Waals surface area contributed by atoms with Crippen molar-refractivity contribution < 1.29 is 5.11 Å². The second kappa shape index (κ2) is 7.71. The molecule has 0 fully saturated rings. The topological polar surface area (TPSA) is 43.0 Å². The molecule has 0 bridgehead atoms. The minimum atomic E-state index is 0.00228. The SMILES string of the molecule is CC(C)(C)c1ccnc(-n2c3ccc(-n4c5ccccc5c5ccccc54)cc3c3ccc(O)cc32)c1. The van der Waals surface area contributed by atoms with Crippen LogP contribution in [0.25, 0.3) is 55.1 Å². The highest BCUT2D eigenvalue weighted by Gasteiger charge is 2.19. The Morgan fingerprint density at radius 3 is 1.95 bits per heavy atom. The third-order valence-corrected chi connectivity index (χ3v) is 7.41. The molecule has 0 amide bonds. The summed E-state index contributed by atoms with van der Waals surface area (Å²) in [6.45, 7) is 6.63. The van der Waals surface area contributed by atoms with Gasteiger partial charge < -0.3 is 9.67 Å². The molecule has 3 aromatic heterocycles. The van der Waals surface area contributed by atoms with Crippen molar-refractivity contribution in [2.75, 3.05) is 0 Å². The molecule has 0 radical (unpaired) electrons. The molecule has 0 unspecified atom stereocenters. The van der Waals surface area contributed by atoms with Gasteiger partial charge in [0.2, 0.25) is 0 Å². The van der Waals surface area contributed by atoms with Gasteiger partial charge in [-0.15, -0.1) is 0 Å². The van der Waals surface area contributed by atoms with Crippen molar-refractivity contribution in [3.63, 3.8) is 0 Å². The van der Waals surface area contributed by atoms with Crippen LogP contribution < -0.4 is 0 Å². The molecule has 0 aliphatic carbocycles. The van der Waals surface area contributed by atoms with Crippen molar-refractivity contribution in [1.82, 2.24) is 14.1 Å². The molecular formula is C33H27N3O. The first kappa shape index (κ1) is 21.7. The molecule has 180 valence electrons. The van der Waals surface area contributed by atoms with Crippen molar-refractivity contribution in [2.24, 2.45) is 0 Å². The molecule has 4 heteroatoms. The zero-order valence-corrected chi connectivity index (χ0v) is 21.1. The lowest BCUT2D eigenvalue weighted by Gasteiger charge is -2.20. The van der Waals surface area contributed by atoms with Crippen LogP contribution in [0, 0.1) is 0 Å². The first-order valence-corrected chi connectivity index (χ1v) is 12.6. The van der Waals surface area contributed by atoms with E-state index in [9.17, 15) is 5.11 Å². The maximum absolute atomic E-state index is 10.4. The van der Waals surface area contributed by atoms with Crippen molar-refractivity contribution in [1.29, 1.82) is 0 Å². The Hall–Kier alpha value is -4.57. The quantitative estimate of drug-likeness (QED) is 0.270. The Bertz CT molecular complexity index is 1930. The number of benzene rings is 4. The number of hydrogen-bond acceptors (Lipinski definition) is 2. The summed E-state index contributed by atoms with van der Waals surface area (Å²) in [5.41, 5.74) is 6.69. The molecular weight excluding hydrogens is 454 g/mol. The zero-order chi connectivity index (χ0) is 25.3. The van der Waals surface area contributed by atoms with Crippen molar-refractivity contribution >= 4 is 43.6 Å². The molecule has 0 saturated heterocycles. The second-order valence-electron chi connectivity index (χ2n) is 10.8. The van der Waals surface area contributed by atoms with Gasteiger partial charge >= 0.3 is 0 Å². The van der Waals surface area contributed by atoms with E-state index in [0.29, 0.717) is 0 Å². The first-order chi connectivity index (χ1) is 17.9. The molecule has 0 aliphatic rings. The summed E-state index contributed by atoms with van der Waals surface area (Å²) in [5.74, 6) is 1.09. The zero-order valence-electron chi connectivity index (χ0n) is 21.1. The summed E-state index contributed by atoms with van der Waals surface area (Å²) in [4.78, 5) is 4.76.